The molecule has 16 heavy (non-hydrogen) atoms. The Balaban J connectivity index is 2.87. The van der Waals surface area contributed by atoms with Gasteiger partial charge in [-0.25, -0.2) is 0 Å². The first-order chi connectivity index (χ1) is 7.74. The van der Waals surface area contributed by atoms with Gasteiger partial charge in [0, 0.05) is 4.90 Å². The monoisotopic (exact) mass is 237 g/mol. The van der Waals surface area contributed by atoms with Crippen LogP contribution in [0, 0.1) is 11.3 Å². The molecule has 0 aliphatic heterocycles. The van der Waals surface area contributed by atoms with E-state index in [1.807, 2.05) is 25.1 Å². The topological polar surface area (TPSA) is 42.2 Å². The Bertz CT molecular complexity index is 387. The third-order valence-corrected chi connectivity index (χ3v) is 3.40. The lowest BCUT2D eigenvalue weighted by Crippen LogP contribution is -1.96. The number of methoxy groups -OCH3 is 2. The highest BCUT2D eigenvalue weighted by atomic mass is 32.2. The average molecular weight is 237 g/mol. The summed E-state index contributed by atoms with van der Waals surface area (Å²) in [5, 5.41) is 8.87. The maximum Gasteiger partial charge on any atom is 0.161 e. The third-order valence-electron chi connectivity index (χ3n) is 2.15. The van der Waals surface area contributed by atoms with Crippen molar-refractivity contribution in [3.8, 4) is 17.6 Å². The van der Waals surface area contributed by atoms with Gasteiger partial charge in [-0.15, -0.1) is 11.8 Å². The van der Waals surface area contributed by atoms with E-state index >= 15 is 0 Å². The van der Waals surface area contributed by atoms with Gasteiger partial charge < -0.3 is 9.47 Å². The summed E-state index contributed by atoms with van der Waals surface area (Å²) in [4.78, 5) is 1.02. The minimum absolute atomic E-state index is 0.0156. The lowest BCUT2D eigenvalue weighted by Gasteiger charge is -2.10. The van der Waals surface area contributed by atoms with Crippen LogP contribution in [0.3, 0.4) is 0 Å². The molecule has 86 valence electrons. The van der Waals surface area contributed by atoms with Crippen LogP contribution >= 0.6 is 11.8 Å². The first-order valence-corrected chi connectivity index (χ1v) is 5.91. The normalized spacial score (nSPS) is 11.6. The molecule has 1 rings (SSSR count). The number of rotatable bonds is 5. The Hall–Kier alpha value is -1.34. The molecule has 1 atom stereocenters. The summed E-state index contributed by atoms with van der Waals surface area (Å²) >= 11 is 1.54. The fourth-order valence-electron chi connectivity index (χ4n) is 1.26. The maximum atomic E-state index is 8.89. The van der Waals surface area contributed by atoms with Gasteiger partial charge in [-0.05, 0) is 24.6 Å². The molecule has 0 aliphatic rings. The Morgan fingerprint density at radius 2 is 2.00 bits per heavy atom. The van der Waals surface area contributed by atoms with E-state index < -0.39 is 0 Å². The van der Waals surface area contributed by atoms with Crippen LogP contribution in [-0.2, 0) is 0 Å². The second-order valence-corrected chi connectivity index (χ2v) is 4.44. The number of hydrogen-bond acceptors (Lipinski definition) is 4. The van der Waals surface area contributed by atoms with Crippen molar-refractivity contribution in [2.45, 2.75) is 23.5 Å². The van der Waals surface area contributed by atoms with Crippen LogP contribution in [-0.4, -0.2) is 19.5 Å². The molecule has 0 aliphatic carbocycles. The quantitative estimate of drug-likeness (QED) is 0.738. The largest absolute Gasteiger partial charge is 0.493 e. The maximum absolute atomic E-state index is 8.89. The van der Waals surface area contributed by atoms with Gasteiger partial charge in [0.2, 0.25) is 0 Å². The molecule has 0 N–H and O–H groups in total. The van der Waals surface area contributed by atoms with Crippen molar-refractivity contribution in [1.82, 2.24) is 0 Å². The van der Waals surface area contributed by atoms with Crippen molar-refractivity contribution < 1.29 is 9.47 Å². The molecule has 0 heterocycles. The number of hydrogen-bond donors (Lipinski definition) is 0. The summed E-state index contributed by atoms with van der Waals surface area (Å²) in [6.07, 6.45) is 0.829. The molecule has 0 amide bonds. The fourth-order valence-corrected chi connectivity index (χ4v) is 2.12. The highest BCUT2D eigenvalue weighted by Crippen LogP contribution is 2.33. The number of thioether (sulfide) groups is 1. The number of nitrogens with zero attached hydrogens (tertiary/aromatic N) is 1. The van der Waals surface area contributed by atoms with Gasteiger partial charge >= 0.3 is 0 Å². The predicted octanol–water partition coefficient (Wildman–Crippen LogP) is 3.10. The Kier molecular flexibility index (Phi) is 5.00. The van der Waals surface area contributed by atoms with Crippen molar-refractivity contribution in [3.05, 3.63) is 18.2 Å². The molecule has 0 aromatic heterocycles. The average Bonchev–Trinajstić information content (AvgIpc) is 2.35. The zero-order chi connectivity index (χ0) is 12.0. The zero-order valence-corrected chi connectivity index (χ0v) is 10.5. The first kappa shape index (κ1) is 12.7. The summed E-state index contributed by atoms with van der Waals surface area (Å²) in [5.41, 5.74) is 0. The van der Waals surface area contributed by atoms with E-state index in [1.165, 1.54) is 0 Å². The molecule has 1 aromatic carbocycles. The standard InChI is InChI=1S/C12H15NO2S/c1-4-9(8-13)16-10-5-6-11(14-2)12(7-10)15-3/h5-7,9H,4H2,1-3H3/t9-/m1/s1. The minimum Gasteiger partial charge on any atom is -0.493 e. The summed E-state index contributed by atoms with van der Waals surface area (Å²) in [6, 6.07) is 7.94. The van der Waals surface area contributed by atoms with E-state index in [0.29, 0.717) is 11.5 Å². The van der Waals surface area contributed by atoms with Crippen molar-refractivity contribution in [3.63, 3.8) is 0 Å². The molecule has 0 bridgehead atoms. The second-order valence-electron chi connectivity index (χ2n) is 3.16. The van der Waals surface area contributed by atoms with Gasteiger partial charge in [0.05, 0.1) is 25.5 Å². The molecule has 0 radical (unpaired) electrons. The van der Waals surface area contributed by atoms with E-state index in [4.69, 9.17) is 14.7 Å². The van der Waals surface area contributed by atoms with Crippen molar-refractivity contribution >= 4 is 11.8 Å². The van der Waals surface area contributed by atoms with Gasteiger partial charge in [-0.2, -0.15) is 5.26 Å². The molecular weight excluding hydrogens is 222 g/mol. The lowest BCUT2D eigenvalue weighted by atomic mass is 10.3. The van der Waals surface area contributed by atoms with Gasteiger partial charge in [-0.1, -0.05) is 6.92 Å². The van der Waals surface area contributed by atoms with Gasteiger partial charge in [0.1, 0.15) is 0 Å². The number of nitriles is 1. The van der Waals surface area contributed by atoms with Crippen LogP contribution in [0.25, 0.3) is 0 Å². The van der Waals surface area contributed by atoms with E-state index in [9.17, 15) is 0 Å². The summed E-state index contributed by atoms with van der Waals surface area (Å²) in [5.74, 6) is 1.40. The molecule has 0 fully saturated rings. The highest BCUT2D eigenvalue weighted by molar-refractivity contribution is 8.00. The Morgan fingerprint density at radius 1 is 1.31 bits per heavy atom. The van der Waals surface area contributed by atoms with Crippen molar-refractivity contribution in [2.75, 3.05) is 14.2 Å². The van der Waals surface area contributed by atoms with E-state index in [-0.39, 0.29) is 5.25 Å². The molecule has 1 aromatic rings. The van der Waals surface area contributed by atoms with Crippen molar-refractivity contribution in [1.29, 1.82) is 5.26 Å². The molecule has 4 heteroatoms. The number of ether oxygens (including phenoxy) is 2. The molecule has 0 saturated carbocycles. The smallest absolute Gasteiger partial charge is 0.161 e. The molecule has 3 nitrogen and oxygen atoms in total. The second kappa shape index (κ2) is 6.29. The van der Waals surface area contributed by atoms with Crippen LogP contribution in [0.2, 0.25) is 0 Å². The number of benzene rings is 1. The van der Waals surface area contributed by atoms with Gasteiger partial charge in [0.15, 0.2) is 11.5 Å². The molecule has 0 unspecified atom stereocenters. The van der Waals surface area contributed by atoms with Crippen LogP contribution in [0.1, 0.15) is 13.3 Å². The van der Waals surface area contributed by atoms with E-state index in [1.54, 1.807) is 26.0 Å². The lowest BCUT2D eigenvalue weighted by molar-refractivity contribution is 0.354. The van der Waals surface area contributed by atoms with Crippen LogP contribution in [0.5, 0.6) is 11.5 Å². The van der Waals surface area contributed by atoms with Crippen molar-refractivity contribution in [2.24, 2.45) is 0 Å². The van der Waals surface area contributed by atoms with Gasteiger partial charge in [-0.3, -0.25) is 0 Å². The summed E-state index contributed by atoms with van der Waals surface area (Å²) < 4.78 is 10.4. The Morgan fingerprint density at radius 3 is 2.50 bits per heavy atom. The highest BCUT2D eigenvalue weighted by Gasteiger charge is 2.09. The predicted molar refractivity (Wildman–Crippen MR) is 65.1 cm³/mol. The van der Waals surface area contributed by atoms with E-state index in [0.717, 1.165) is 11.3 Å². The third kappa shape index (κ3) is 3.07. The SMILES string of the molecule is CC[C@H](C#N)Sc1ccc(OC)c(OC)c1. The van der Waals surface area contributed by atoms with Crippen LogP contribution in [0.4, 0.5) is 0 Å². The fraction of sp³-hybridized carbons (Fsp3) is 0.417. The Labute approximate surface area is 100 Å². The van der Waals surface area contributed by atoms with Crippen LogP contribution < -0.4 is 9.47 Å². The summed E-state index contributed by atoms with van der Waals surface area (Å²) in [6.45, 7) is 2.00. The molecule has 0 spiro atoms. The molecule has 0 saturated heterocycles. The van der Waals surface area contributed by atoms with Crippen LogP contribution in [0.15, 0.2) is 23.1 Å². The van der Waals surface area contributed by atoms with E-state index in [2.05, 4.69) is 6.07 Å². The minimum atomic E-state index is -0.0156. The summed E-state index contributed by atoms with van der Waals surface area (Å²) in [7, 11) is 3.21. The van der Waals surface area contributed by atoms with Gasteiger partial charge in [0.25, 0.3) is 0 Å². The zero-order valence-electron chi connectivity index (χ0n) is 9.69. The molecular formula is C12H15NO2S. The first-order valence-electron chi connectivity index (χ1n) is 5.03.